The van der Waals surface area contributed by atoms with Crippen LogP contribution in [0.25, 0.3) is 11.0 Å². The zero-order valence-corrected chi connectivity index (χ0v) is 13.7. The molecule has 0 N–H and O–H groups in total. The van der Waals surface area contributed by atoms with E-state index in [1.165, 1.54) is 12.1 Å². The number of aromatic nitrogens is 2. The number of rotatable bonds is 4. The third kappa shape index (κ3) is 3.07. The topological polar surface area (TPSA) is 36.3 Å². The Bertz CT molecular complexity index is 930. The molecule has 2 heterocycles. The van der Waals surface area contributed by atoms with E-state index in [0.717, 1.165) is 16.3 Å². The summed E-state index contributed by atoms with van der Waals surface area (Å²) in [5, 5.41) is 0.182. The molecule has 0 bridgehead atoms. The number of alkyl halides is 2. The minimum atomic E-state index is -2.71. The van der Waals surface area contributed by atoms with E-state index in [-0.39, 0.29) is 24.3 Å². The molecule has 0 unspecified atom stereocenters. The van der Waals surface area contributed by atoms with Gasteiger partial charge in [0.15, 0.2) is 11.9 Å². The van der Waals surface area contributed by atoms with Gasteiger partial charge in [-0.05, 0) is 24.3 Å². The highest BCUT2D eigenvalue weighted by Gasteiger charge is 2.21. The van der Waals surface area contributed by atoms with E-state index >= 15 is 0 Å². The van der Waals surface area contributed by atoms with Gasteiger partial charge in [0.25, 0.3) is 0 Å². The fourth-order valence-electron chi connectivity index (χ4n) is 2.82. The van der Waals surface area contributed by atoms with Crippen LogP contribution in [0.4, 0.5) is 13.2 Å². The van der Waals surface area contributed by atoms with E-state index in [9.17, 15) is 13.2 Å². The summed E-state index contributed by atoms with van der Waals surface area (Å²) in [5.41, 5.74) is 2.07. The number of imidazole rings is 1. The lowest BCUT2D eigenvalue weighted by Crippen LogP contribution is -2.13. The Labute approximate surface area is 145 Å². The number of halogens is 3. The van der Waals surface area contributed by atoms with Crippen molar-refractivity contribution in [2.75, 3.05) is 6.79 Å². The average Bonchev–Trinajstić information content (AvgIpc) is 2.98. The fourth-order valence-corrected chi connectivity index (χ4v) is 3.80. The molecular weight excluding hydrogens is 353 g/mol. The van der Waals surface area contributed by atoms with E-state index < -0.39 is 12.4 Å². The highest BCUT2D eigenvalue weighted by Crippen LogP contribution is 2.36. The van der Waals surface area contributed by atoms with Crippen molar-refractivity contribution in [1.82, 2.24) is 9.55 Å². The molecule has 1 aromatic heterocycles. The van der Waals surface area contributed by atoms with Crippen molar-refractivity contribution in [3.8, 4) is 5.75 Å². The van der Waals surface area contributed by atoms with Crippen LogP contribution >= 0.6 is 11.8 Å². The molecule has 0 saturated carbocycles. The number of thioether (sulfide) groups is 1. The maximum absolute atomic E-state index is 13.8. The van der Waals surface area contributed by atoms with Gasteiger partial charge in [-0.2, -0.15) is 8.78 Å². The maximum atomic E-state index is 13.8. The third-order valence-corrected chi connectivity index (χ3v) is 4.87. The Kier molecular flexibility index (Phi) is 4.30. The number of ether oxygens (including phenoxy) is 2. The number of para-hydroxylation sites is 2. The number of benzene rings is 2. The first-order chi connectivity index (χ1) is 12.1. The summed E-state index contributed by atoms with van der Waals surface area (Å²) in [6.45, 7) is -2.35. The smallest absolute Gasteiger partial charge is 0.321 e. The van der Waals surface area contributed by atoms with Gasteiger partial charge in [-0.15, -0.1) is 0 Å². The standard InChI is InChI=1S/C17H13F3N2O2S/c18-12-5-10-7-23-9-24-15(10)11(6-12)8-25-17-21-13-3-1-2-4-14(13)22(17)16(19)20/h1-6,16H,7-9H2. The van der Waals surface area contributed by atoms with Crippen molar-refractivity contribution in [1.29, 1.82) is 0 Å². The lowest BCUT2D eigenvalue weighted by molar-refractivity contribution is -0.0171. The predicted octanol–water partition coefficient (Wildman–Crippen LogP) is 4.73. The summed E-state index contributed by atoms with van der Waals surface area (Å²) in [6.07, 6.45) is 0. The zero-order valence-electron chi connectivity index (χ0n) is 12.9. The van der Waals surface area contributed by atoms with Crippen molar-refractivity contribution in [3.05, 3.63) is 53.3 Å². The molecule has 0 atom stereocenters. The number of nitrogens with zero attached hydrogens (tertiary/aromatic N) is 2. The highest BCUT2D eigenvalue weighted by atomic mass is 32.2. The van der Waals surface area contributed by atoms with E-state index in [2.05, 4.69) is 4.98 Å². The molecule has 3 aromatic rings. The van der Waals surface area contributed by atoms with Crippen LogP contribution in [-0.2, 0) is 17.1 Å². The van der Waals surface area contributed by atoms with Crippen LogP contribution in [0.1, 0.15) is 17.7 Å². The summed E-state index contributed by atoms with van der Waals surface area (Å²) in [6, 6.07) is 9.43. The molecule has 0 saturated heterocycles. The van der Waals surface area contributed by atoms with Gasteiger partial charge in [0.1, 0.15) is 11.6 Å². The molecule has 0 radical (unpaired) electrons. The van der Waals surface area contributed by atoms with Gasteiger partial charge < -0.3 is 9.47 Å². The molecule has 1 aliphatic heterocycles. The third-order valence-electron chi connectivity index (χ3n) is 3.87. The first-order valence-electron chi connectivity index (χ1n) is 7.53. The molecule has 4 rings (SSSR count). The van der Waals surface area contributed by atoms with Crippen LogP contribution in [0.15, 0.2) is 41.6 Å². The summed E-state index contributed by atoms with van der Waals surface area (Å²) in [7, 11) is 0. The number of fused-ring (bicyclic) bond motifs is 2. The van der Waals surface area contributed by atoms with Crippen LogP contribution in [0.3, 0.4) is 0 Å². The average molecular weight is 366 g/mol. The molecule has 0 amide bonds. The monoisotopic (exact) mass is 366 g/mol. The quantitative estimate of drug-likeness (QED) is 0.626. The second-order valence-electron chi connectivity index (χ2n) is 5.48. The van der Waals surface area contributed by atoms with Crippen LogP contribution in [-0.4, -0.2) is 16.3 Å². The van der Waals surface area contributed by atoms with Crippen molar-refractivity contribution >= 4 is 22.8 Å². The zero-order chi connectivity index (χ0) is 17.4. The first kappa shape index (κ1) is 16.3. The van der Waals surface area contributed by atoms with E-state index in [0.29, 0.717) is 27.9 Å². The van der Waals surface area contributed by atoms with Crippen molar-refractivity contribution < 1.29 is 22.6 Å². The largest absolute Gasteiger partial charge is 0.467 e. The fraction of sp³-hybridized carbons (Fsp3) is 0.235. The molecule has 130 valence electrons. The van der Waals surface area contributed by atoms with Gasteiger partial charge >= 0.3 is 6.55 Å². The molecule has 8 heteroatoms. The Balaban J connectivity index is 1.67. The van der Waals surface area contributed by atoms with Gasteiger partial charge in [0, 0.05) is 16.9 Å². The second kappa shape index (κ2) is 6.61. The van der Waals surface area contributed by atoms with E-state index in [4.69, 9.17) is 9.47 Å². The number of hydrogen-bond acceptors (Lipinski definition) is 4. The summed E-state index contributed by atoms with van der Waals surface area (Å²) < 4.78 is 52.2. The summed E-state index contributed by atoms with van der Waals surface area (Å²) in [4.78, 5) is 4.27. The van der Waals surface area contributed by atoms with Crippen LogP contribution in [0, 0.1) is 5.82 Å². The molecule has 0 fully saturated rings. The summed E-state index contributed by atoms with van der Waals surface area (Å²) in [5.74, 6) is 0.404. The van der Waals surface area contributed by atoms with Gasteiger partial charge in [0.2, 0.25) is 0 Å². The molecule has 1 aliphatic rings. The predicted molar refractivity (Wildman–Crippen MR) is 87.2 cm³/mol. The van der Waals surface area contributed by atoms with Crippen LogP contribution in [0.2, 0.25) is 0 Å². The Morgan fingerprint density at radius 1 is 1.24 bits per heavy atom. The minimum absolute atomic E-state index is 0.0891. The molecule has 2 aromatic carbocycles. The lowest BCUT2D eigenvalue weighted by atomic mass is 10.1. The minimum Gasteiger partial charge on any atom is -0.467 e. The van der Waals surface area contributed by atoms with Crippen LogP contribution in [0.5, 0.6) is 5.75 Å². The Morgan fingerprint density at radius 3 is 2.92 bits per heavy atom. The SMILES string of the molecule is Fc1cc2c(c(CSc3nc4ccccc4n3C(F)F)c1)OCOC2. The Morgan fingerprint density at radius 2 is 2.08 bits per heavy atom. The Hall–Kier alpha value is -2.19. The van der Waals surface area contributed by atoms with E-state index in [1.54, 1.807) is 24.3 Å². The van der Waals surface area contributed by atoms with Gasteiger partial charge in [-0.1, -0.05) is 23.9 Å². The van der Waals surface area contributed by atoms with Gasteiger partial charge in [-0.25, -0.2) is 9.37 Å². The molecular formula is C17H13F3N2O2S. The van der Waals surface area contributed by atoms with Crippen molar-refractivity contribution in [3.63, 3.8) is 0 Å². The number of hydrogen-bond donors (Lipinski definition) is 0. The first-order valence-corrected chi connectivity index (χ1v) is 8.52. The molecule has 25 heavy (non-hydrogen) atoms. The maximum Gasteiger partial charge on any atom is 0.321 e. The van der Waals surface area contributed by atoms with E-state index in [1.807, 2.05) is 0 Å². The summed E-state index contributed by atoms with van der Waals surface area (Å²) >= 11 is 1.12. The lowest BCUT2D eigenvalue weighted by Gasteiger charge is -2.20. The normalized spacial score (nSPS) is 13.9. The van der Waals surface area contributed by atoms with Gasteiger partial charge in [-0.3, -0.25) is 4.57 Å². The second-order valence-corrected chi connectivity index (χ2v) is 6.43. The van der Waals surface area contributed by atoms with Crippen molar-refractivity contribution in [2.45, 2.75) is 24.1 Å². The molecule has 0 spiro atoms. The highest BCUT2D eigenvalue weighted by molar-refractivity contribution is 7.98. The van der Waals surface area contributed by atoms with Gasteiger partial charge in [0.05, 0.1) is 17.6 Å². The van der Waals surface area contributed by atoms with Crippen LogP contribution < -0.4 is 4.74 Å². The van der Waals surface area contributed by atoms with Crippen molar-refractivity contribution in [2.24, 2.45) is 0 Å². The molecule has 4 nitrogen and oxygen atoms in total. The molecule has 0 aliphatic carbocycles.